The lowest BCUT2D eigenvalue weighted by atomic mass is 10.4. The summed E-state index contributed by atoms with van der Waals surface area (Å²) in [5.74, 6) is -0.674. The summed E-state index contributed by atoms with van der Waals surface area (Å²) in [5, 5.41) is 3.56. The van der Waals surface area contributed by atoms with Crippen LogP contribution in [0.15, 0.2) is 4.90 Å². The minimum Gasteiger partial charge on any atom is -0.465 e. The van der Waals surface area contributed by atoms with Gasteiger partial charge in [-0.15, -0.1) is 11.3 Å². The zero-order chi connectivity index (χ0) is 14.2. The predicted octanol–water partition coefficient (Wildman–Crippen LogP) is 1.48. The summed E-state index contributed by atoms with van der Waals surface area (Å²) >= 11 is 1.04. The Hall–Kier alpha value is -1.28. The number of thiophene rings is 1. The van der Waals surface area contributed by atoms with Crippen LogP contribution in [0.5, 0.6) is 0 Å². The van der Waals surface area contributed by atoms with Crippen molar-refractivity contribution in [2.24, 2.45) is 0 Å². The van der Waals surface area contributed by atoms with Crippen LogP contribution in [-0.4, -0.2) is 33.3 Å². The first-order valence-corrected chi connectivity index (χ1v) is 8.37. The van der Waals surface area contributed by atoms with Gasteiger partial charge in [-0.3, -0.25) is 0 Å². The number of hydrogen-bond acceptors (Lipinski definition) is 7. The zero-order valence-corrected chi connectivity index (χ0v) is 12.4. The summed E-state index contributed by atoms with van der Waals surface area (Å²) in [6, 6.07) is 0.273. The van der Waals surface area contributed by atoms with Gasteiger partial charge in [-0.2, -0.15) is 0 Å². The third-order valence-electron chi connectivity index (χ3n) is 2.87. The molecule has 1 aliphatic carbocycles. The average molecular weight is 304 g/mol. The Morgan fingerprint density at radius 2 is 2.16 bits per heavy atom. The Labute approximate surface area is 115 Å². The van der Waals surface area contributed by atoms with E-state index in [2.05, 4.69) is 10.1 Å². The fourth-order valence-corrected chi connectivity index (χ4v) is 4.28. The molecule has 106 valence electrons. The number of hydrogen-bond donors (Lipinski definition) is 2. The number of esters is 1. The number of carbonyl (C=O) groups is 1. The van der Waals surface area contributed by atoms with Crippen LogP contribution in [0.25, 0.3) is 0 Å². The lowest BCUT2D eigenvalue weighted by Gasteiger charge is -2.06. The van der Waals surface area contributed by atoms with Crippen LogP contribution in [0.1, 0.15) is 29.4 Å². The Balaban J connectivity index is 2.54. The molecular weight excluding hydrogens is 288 g/mol. The van der Waals surface area contributed by atoms with Crippen LogP contribution in [0.2, 0.25) is 0 Å². The maximum atomic E-state index is 12.1. The highest BCUT2D eigenvalue weighted by Crippen LogP contribution is 2.42. The third kappa shape index (κ3) is 2.69. The second-order valence-corrected chi connectivity index (χ2v) is 7.55. The van der Waals surface area contributed by atoms with Gasteiger partial charge >= 0.3 is 5.97 Å². The Morgan fingerprint density at radius 3 is 2.63 bits per heavy atom. The van der Waals surface area contributed by atoms with Gasteiger partial charge in [0.1, 0.15) is 14.8 Å². The number of carbonyl (C=O) groups excluding carboxylic acids is 1. The normalized spacial score (nSPS) is 15.3. The molecular formula is C11H16N2O4S2. The molecule has 0 aliphatic heterocycles. The fourth-order valence-electron chi connectivity index (χ4n) is 1.63. The summed E-state index contributed by atoms with van der Waals surface area (Å²) in [7, 11) is -2.24. The van der Waals surface area contributed by atoms with Crippen molar-refractivity contribution in [1.29, 1.82) is 0 Å². The molecule has 1 heterocycles. The number of ether oxygens (including phenoxy) is 1. The van der Waals surface area contributed by atoms with Crippen LogP contribution in [0.4, 0.5) is 10.7 Å². The highest BCUT2D eigenvalue weighted by atomic mass is 32.2. The summed E-state index contributed by atoms with van der Waals surface area (Å²) in [6.45, 7) is 1.55. The van der Waals surface area contributed by atoms with E-state index in [-0.39, 0.29) is 27.3 Å². The van der Waals surface area contributed by atoms with E-state index in [1.54, 1.807) is 6.92 Å². The van der Waals surface area contributed by atoms with E-state index in [1.165, 1.54) is 7.11 Å². The van der Waals surface area contributed by atoms with Gasteiger partial charge in [0.05, 0.1) is 18.6 Å². The van der Waals surface area contributed by atoms with Crippen LogP contribution < -0.4 is 11.1 Å². The van der Waals surface area contributed by atoms with Crippen molar-refractivity contribution in [3.63, 3.8) is 0 Å². The van der Waals surface area contributed by atoms with Crippen molar-refractivity contribution in [2.75, 3.05) is 23.9 Å². The number of nitrogens with one attached hydrogen (secondary N) is 1. The summed E-state index contributed by atoms with van der Waals surface area (Å²) in [6.07, 6.45) is 1.99. The lowest BCUT2D eigenvalue weighted by molar-refractivity contribution is 0.0607. The molecule has 8 heteroatoms. The standard InChI is InChI=1S/C11H16N2O4S2/c1-3-19(15,16)9-7(12)8(11(14)17-2)18-10(9)13-6-4-5-6/h6,13H,3-5,12H2,1-2H3. The molecule has 0 saturated heterocycles. The van der Waals surface area contributed by atoms with Crippen LogP contribution >= 0.6 is 11.3 Å². The summed E-state index contributed by atoms with van der Waals surface area (Å²) in [5.41, 5.74) is 5.82. The molecule has 1 aromatic rings. The molecule has 0 unspecified atom stereocenters. The van der Waals surface area contributed by atoms with E-state index in [1.807, 2.05) is 0 Å². The first-order valence-electron chi connectivity index (χ1n) is 5.90. The number of anilines is 2. The van der Waals surface area contributed by atoms with Gasteiger partial charge in [-0.25, -0.2) is 13.2 Å². The monoisotopic (exact) mass is 304 g/mol. The first kappa shape index (κ1) is 14.1. The van der Waals surface area contributed by atoms with Crippen LogP contribution in [0, 0.1) is 0 Å². The van der Waals surface area contributed by atoms with Crippen molar-refractivity contribution in [1.82, 2.24) is 0 Å². The number of nitrogen functional groups attached to an aromatic ring is 1. The van der Waals surface area contributed by atoms with Gasteiger partial charge < -0.3 is 15.8 Å². The minimum absolute atomic E-state index is 0.0122. The largest absolute Gasteiger partial charge is 0.465 e. The number of sulfone groups is 1. The van der Waals surface area contributed by atoms with Gasteiger partial charge in [-0.05, 0) is 12.8 Å². The molecule has 0 spiro atoms. The maximum absolute atomic E-state index is 12.1. The minimum atomic E-state index is -3.48. The Morgan fingerprint density at radius 1 is 1.53 bits per heavy atom. The predicted molar refractivity (Wildman–Crippen MR) is 74.4 cm³/mol. The van der Waals surface area contributed by atoms with Gasteiger partial charge in [0.15, 0.2) is 9.84 Å². The van der Waals surface area contributed by atoms with Gasteiger partial charge in [0.25, 0.3) is 0 Å². The van der Waals surface area contributed by atoms with E-state index < -0.39 is 15.8 Å². The van der Waals surface area contributed by atoms with Crippen molar-refractivity contribution in [3.05, 3.63) is 4.88 Å². The molecule has 6 nitrogen and oxygen atoms in total. The van der Waals surface area contributed by atoms with Crippen molar-refractivity contribution in [3.8, 4) is 0 Å². The zero-order valence-electron chi connectivity index (χ0n) is 10.7. The molecule has 2 rings (SSSR count). The van der Waals surface area contributed by atoms with Crippen LogP contribution in [-0.2, 0) is 14.6 Å². The van der Waals surface area contributed by atoms with E-state index in [4.69, 9.17) is 5.73 Å². The van der Waals surface area contributed by atoms with Gasteiger partial charge in [-0.1, -0.05) is 6.92 Å². The molecule has 3 N–H and O–H groups in total. The molecule has 1 aliphatic rings. The number of methoxy groups -OCH3 is 1. The quantitative estimate of drug-likeness (QED) is 0.800. The van der Waals surface area contributed by atoms with Gasteiger partial charge in [0, 0.05) is 6.04 Å². The fraction of sp³-hybridized carbons (Fsp3) is 0.545. The third-order valence-corrected chi connectivity index (χ3v) is 5.93. The molecule has 19 heavy (non-hydrogen) atoms. The van der Waals surface area contributed by atoms with Gasteiger partial charge in [0.2, 0.25) is 0 Å². The van der Waals surface area contributed by atoms with E-state index >= 15 is 0 Å². The lowest BCUT2D eigenvalue weighted by Crippen LogP contribution is -2.10. The molecule has 0 bridgehead atoms. The highest BCUT2D eigenvalue weighted by molar-refractivity contribution is 7.91. The molecule has 0 radical (unpaired) electrons. The highest BCUT2D eigenvalue weighted by Gasteiger charge is 2.32. The van der Waals surface area contributed by atoms with E-state index in [0.29, 0.717) is 5.00 Å². The smallest absolute Gasteiger partial charge is 0.350 e. The van der Waals surface area contributed by atoms with Crippen molar-refractivity contribution >= 4 is 37.8 Å². The number of rotatable bonds is 5. The Bertz CT molecular complexity index is 602. The topological polar surface area (TPSA) is 98.5 Å². The molecule has 1 aromatic heterocycles. The van der Waals surface area contributed by atoms with E-state index in [0.717, 1.165) is 24.2 Å². The molecule has 1 fully saturated rings. The van der Waals surface area contributed by atoms with E-state index in [9.17, 15) is 13.2 Å². The van der Waals surface area contributed by atoms with Crippen molar-refractivity contribution < 1.29 is 17.9 Å². The van der Waals surface area contributed by atoms with Crippen LogP contribution in [0.3, 0.4) is 0 Å². The maximum Gasteiger partial charge on any atom is 0.350 e. The SMILES string of the molecule is CCS(=O)(=O)c1c(NC2CC2)sc(C(=O)OC)c1N. The number of nitrogens with two attached hydrogens (primary N) is 1. The van der Waals surface area contributed by atoms with Crippen molar-refractivity contribution in [2.45, 2.75) is 30.7 Å². The molecule has 1 saturated carbocycles. The molecule has 0 atom stereocenters. The second kappa shape index (κ2) is 5.01. The second-order valence-electron chi connectivity index (χ2n) is 4.32. The first-order chi connectivity index (χ1) is 8.90. The molecule has 0 amide bonds. The Kier molecular flexibility index (Phi) is 3.73. The summed E-state index contributed by atoms with van der Waals surface area (Å²) < 4.78 is 28.8. The summed E-state index contributed by atoms with van der Waals surface area (Å²) in [4.78, 5) is 11.8. The average Bonchev–Trinajstić information content (AvgIpc) is 3.11. The molecule has 0 aromatic carbocycles.